The Morgan fingerprint density at radius 2 is 2.10 bits per heavy atom. The van der Waals surface area contributed by atoms with E-state index in [4.69, 9.17) is 0 Å². The predicted molar refractivity (Wildman–Crippen MR) is 89.3 cm³/mol. The molecule has 0 aromatic heterocycles. The third kappa shape index (κ3) is 7.25. The van der Waals surface area contributed by atoms with E-state index < -0.39 is 11.2 Å². The van der Waals surface area contributed by atoms with E-state index in [0.29, 0.717) is 18.5 Å². The fourth-order valence-electron chi connectivity index (χ4n) is 3.02. The van der Waals surface area contributed by atoms with Gasteiger partial charge in [0, 0.05) is 12.1 Å². The fraction of sp³-hybridized carbons (Fsp3) is 0.778. The van der Waals surface area contributed by atoms with Crippen molar-refractivity contribution in [3.8, 4) is 0 Å². The van der Waals surface area contributed by atoms with Crippen LogP contribution in [0.25, 0.3) is 0 Å². The van der Waals surface area contributed by atoms with Crippen LogP contribution < -0.4 is 5.32 Å². The molecular weight excluding hydrogens is 262 g/mol. The molecule has 1 saturated carbocycles. The van der Waals surface area contributed by atoms with Gasteiger partial charge in [-0.05, 0) is 65.2 Å². The Balaban J connectivity index is 2.49. The van der Waals surface area contributed by atoms with Gasteiger partial charge in [0.15, 0.2) is 0 Å². The molecule has 4 unspecified atom stereocenters. The van der Waals surface area contributed by atoms with Gasteiger partial charge in [-0.2, -0.15) is 0 Å². The normalized spacial score (nSPS) is 31.0. The lowest BCUT2D eigenvalue weighted by molar-refractivity contribution is 0.0436. The molecule has 1 rings (SSSR count). The van der Waals surface area contributed by atoms with E-state index in [1.54, 1.807) is 13.0 Å². The molecule has 1 aliphatic rings. The maximum atomic E-state index is 10.2. The lowest BCUT2D eigenvalue weighted by Gasteiger charge is -2.27. The molecule has 0 amide bonds. The summed E-state index contributed by atoms with van der Waals surface area (Å²) < 4.78 is 0. The Labute approximate surface area is 130 Å². The van der Waals surface area contributed by atoms with Gasteiger partial charge in [0.1, 0.15) is 0 Å². The maximum absolute atomic E-state index is 10.2. The van der Waals surface area contributed by atoms with Gasteiger partial charge >= 0.3 is 0 Å². The summed E-state index contributed by atoms with van der Waals surface area (Å²) in [4.78, 5) is 0. The minimum atomic E-state index is -0.797. The van der Waals surface area contributed by atoms with Crippen molar-refractivity contribution in [2.75, 3.05) is 0 Å². The lowest BCUT2D eigenvalue weighted by Crippen LogP contribution is -2.39. The van der Waals surface area contributed by atoms with Crippen molar-refractivity contribution < 1.29 is 10.2 Å². The van der Waals surface area contributed by atoms with Crippen molar-refractivity contribution in [3.63, 3.8) is 0 Å². The Morgan fingerprint density at radius 3 is 2.71 bits per heavy atom. The zero-order chi connectivity index (χ0) is 15.9. The first-order chi connectivity index (χ1) is 9.78. The summed E-state index contributed by atoms with van der Waals surface area (Å²) in [6, 6.07) is 0.791. The van der Waals surface area contributed by atoms with Crippen LogP contribution in [0.2, 0.25) is 0 Å². The van der Waals surface area contributed by atoms with Crippen LogP contribution in [0.4, 0.5) is 0 Å². The van der Waals surface area contributed by atoms with Crippen LogP contribution in [-0.2, 0) is 0 Å². The number of hydrogen-bond donors (Lipinski definition) is 3. The van der Waals surface area contributed by atoms with Gasteiger partial charge in [-0.3, -0.25) is 0 Å². The summed E-state index contributed by atoms with van der Waals surface area (Å²) in [5.41, 5.74) is -1.30. The SMILES string of the molecule is C=CCC(CCC(C)(O)C=C)NC1CCCC(C)(O)CC1. The number of nitrogens with one attached hydrogen (secondary N) is 1. The molecule has 0 aromatic rings. The molecule has 0 aromatic carbocycles. The molecule has 3 N–H and O–H groups in total. The second kappa shape index (κ2) is 8.11. The third-order valence-corrected chi connectivity index (χ3v) is 4.66. The van der Waals surface area contributed by atoms with Gasteiger partial charge < -0.3 is 15.5 Å². The largest absolute Gasteiger partial charge is 0.390 e. The lowest BCUT2D eigenvalue weighted by atomic mass is 9.94. The van der Waals surface area contributed by atoms with E-state index >= 15 is 0 Å². The highest BCUT2D eigenvalue weighted by Crippen LogP contribution is 2.27. The minimum absolute atomic E-state index is 0.335. The molecule has 21 heavy (non-hydrogen) atoms. The van der Waals surface area contributed by atoms with Crippen molar-refractivity contribution in [1.29, 1.82) is 0 Å². The fourth-order valence-corrected chi connectivity index (χ4v) is 3.02. The summed E-state index contributed by atoms with van der Waals surface area (Å²) in [6.45, 7) is 11.3. The van der Waals surface area contributed by atoms with Crippen molar-refractivity contribution >= 4 is 0 Å². The highest BCUT2D eigenvalue weighted by atomic mass is 16.3. The van der Waals surface area contributed by atoms with E-state index in [0.717, 1.165) is 44.9 Å². The van der Waals surface area contributed by atoms with Gasteiger partial charge in [0.25, 0.3) is 0 Å². The standard InChI is InChI=1S/C18H33NO2/c1-5-8-15(10-13-17(3,20)6-2)19-16-9-7-12-18(4,21)14-11-16/h5-6,15-16,19-21H,1-2,7-14H2,3-4H3. The quantitative estimate of drug-likeness (QED) is 0.475. The molecule has 0 bridgehead atoms. The monoisotopic (exact) mass is 295 g/mol. The zero-order valence-corrected chi connectivity index (χ0v) is 13.8. The first kappa shape index (κ1) is 18.4. The summed E-state index contributed by atoms with van der Waals surface area (Å²) >= 11 is 0. The molecule has 1 aliphatic carbocycles. The predicted octanol–water partition coefficient (Wildman–Crippen LogP) is 3.32. The van der Waals surface area contributed by atoms with Crippen molar-refractivity contribution in [1.82, 2.24) is 5.32 Å². The first-order valence-corrected chi connectivity index (χ1v) is 8.23. The molecule has 1 fully saturated rings. The maximum Gasteiger partial charge on any atom is 0.0797 e. The minimum Gasteiger partial charge on any atom is -0.390 e. The van der Waals surface area contributed by atoms with Crippen LogP contribution in [0.1, 0.15) is 65.2 Å². The van der Waals surface area contributed by atoms with Crippen LogP contribution in [0.5, 0.6) is 0 Å². The van der Waals surface area contributed by atoms with Crippen LogP contribution >= 0.6 is 0 Å². The number of rotatable bonds is 8. The second-order valence-electron chi connectivity index (χ2n) is 7.11. The van der Waals surface area contributed by atoms with Crippen LogP contribution in [0.3, 0.4) is 0 Å². The van der Waals surface area contributed by atoms with E-state index in [1.165, 1.54) is 0 Å². The zero-order valence-electron chi connectivity index (χ0n) is 13.8. The summed E-state index contributed by atoms with van der Waals surface area (Å²) in [6.07, 6.45) is 11.0. The van der Waals surface area contributed by atoms with Gasteiger partial charge in [0.05, 0.1) is 11.2 Å². The van der Waals surface area contributed by atoms with Crippen LogP contribution in [-0.4, -0.2) is 33.5 Å². The summed E-state index contributed by atoms with van der Waals surface area (Å²) in [5.74, 6) is 0. The average molecular weight is 295 g/mol. The second-order valence-corrected chi connectivity index (χ2v) is 7.11. The third-order valence-electron chi connectivity index (χ3n) is 4.66. The van der Waals surface area contributed by atoms with Gasteiger partial charge in [-0.15, -0.1) is 13.2 Å². The molecule has 4 atom stereocenters. The van der Waals surface area contributed by atoms with Crippen molar-refractivity contribution in [2.45, 2.75) is 88.5 Å². The Kier molecular flexibility index (Phi) is 7.11. The molecule has 3 nitrogen and oxygen atoms in total. The average Bonchev–Trinajstić information content (AvgIpc) is 2.58. The number of hydrogen-bond acceptors (Lipinski definition) is 3. The van der Waals surface area contributed by atoms with E-state index in [1.807, 2.05) is 13.0 Å². The Bertz CT molecular complexity index is 336. The summed E-state index contributed by atoms with van der Waals surface area (Å²) in [7, 11) is 0. The van der Waals surface area contributed by atoms with Crippen LogP contribution in [0, 0.1) is 0 Å². The molecule has 0 spiro atoms. The van der Waals surface area contributed by atoms with Gasteiger partial charge in [-0.25, -0.2) is 0 Å². The Hall–Kier alpha value is -0.640. The number of aliphatic hydroxyl groups is 2. The molecule has 0 radical (unpaired) electrons. The molecular formula is C18H33NO2. The summed E-state index contributed by atoms with van der Waals surface area (Å²) in [5, 5.41) is 23.9. The van der Waals surface area contributed by atoms with Crippen molar-refractivity contribution in [2.24, 2.45) is 0 Å². The molecule has 0 heterocycles. The smallest absolute Gasteiger partial charge is 0.0797 e. The van der Waals surface area contributed by atoms with Crippen molar-refractivity contribution in [3.05, 3.63) is 25.3 Å². The highest BCUT2D eigenvalue weighted by molar-refractivity contribution is 4.94. The van der Waals surface area contributed by atoms with Gasteiger partial charge in [0.2, 0.25) is 0 Å². The molecule has 3 heteroatoms. The van der Waals surface area contributed by atoms with Gasteiger partial charge in [-0.1, -0.05) is 12.2 Å². The van der Waals surface area contributed by atoms with E-state index in [2.05, 4.69) is 18.5 Å². The topological polar surface area (TPSA) is 52.5 Å². The van der Waals surface area contributed by atoms with E-state index in [-0.39, 0.29) is 0 Å². The Morgan fingerprint density at radius 1 is 1.38 bits per heavy atom. The molecule has 0 aliphatic heterocycles. The molecule has 0 saturated heterocycles. The van der Waals surface area contributed by atoms with E-state index in [9.17, 15) is 10.2 Å². The molecule has 122 valence electrons. The highest BCUT2D eigenvalue weighted by Gasteiger charge is 2.27. The first-order valence-electron chi connectivity index (χ1n) is 8.23. The van der Waals surface area contributed by atoms with Crippen LogP contribution in [0.15, 0.2) is 25.3 Å².